The summed E-state index contributed by atoms with van der Waals surface area (Å²) >= 11 is 5.91. The highest BCUT2D eigenvalue weighted by molar-refractivity contribution is 6.18. The summed E-state index contributed by atoms with van der Waals surface area (Å²) < 4.78 is 0. The van der Waals surface area contributed by atoms with Gasteiger partial charge >= 0.3 is 0 Å². The summed E-state index contributed by atoms with van der Waals surface area (Å²) in [5.74, 6) is 0.784. The van der Waals surface area contributed by atoms with Gasteiger partial charge in [-0.15, -0.1) is 11.6 Å². The monoisotopic (exact) mass is 224 g/mol. The van der Waals surface area contributed by atoms with Crippen molar-refractivity contribution >= 4 is 11.6 Å². The third-order valence-corrected chi connectivity index (χ3v) is 3.57. The standard InChI is InChI=1S/C12H17ClN2/c1-10-4-11(6-14-5-10)7-15-9-12(8-13)2-3-12/h4-6,15H,2-3,7-9H2,1H3. The molecule has 1 aromatic rings. The van der Waals surface area contributed by atoms with Crippen molar-refractivity contribution in [3.63, 3.8) is 0 Å². The van der Waals surface area contributed by atoms with Crippen molar-refractivity contribution in [1.82, 2.24) is 10.3 Å². The zero-order valence-electron chi connectivity index (χ0n) is 9.09. The van der Waals surface area contributed by atoms with E-state index in [0.717, 1.165) is 19.0 Å². The van der Waals surface area contributed by atoms with Crippen molar-refractivity contribution < 1.29 is 0 Å². The highest BCUT2D eigenvalue weighted by Crippen LogP contribution is 2.45. The topological polar surface area (TPSA) is 24.9 Å². The molecule has 0 atom stereocenters. The Kier molecular flexibility index (Phi) is 3.27. The zero-order valence-corrected chi connectivity index (χ0v) is 9.85. The molecular formula is C12H17ClN2. The highest BCUT2D eigenvalue weighted by Gasteiger charge is 2.40. The fraction of sp³-hybridized carbons (Fsp3) is 0.583. The lowest BCUT2D eigenvalue weighted by molar-refractivity contribution is 0.504. The van der Waals surface area contributed by atoms with Crippen LogP contribution in [0.2, 0.25) is 0 Å². The van der Waals surface area contributed by atoms with Crippen LogP contribution in [0.15, 0.2) is 18.5 Å². The molecule has 2 nitrogen and oxygen atoms in total. The number of nitrogens with zero attached hydrogens (tertiary/aromatic N) is 1. The molecule has 2 rings (SSSR count). The number of aryl methyl sites for hydroxylation is 1. The number of halogens is 1. The lowest BCUT2D eigenvalue weighted by atomic mass is 10.1. The maximum atomic E-state index is 5.91. The van der Waals surface area contributed by atoms with Crippen molar-refractivity contribution in [2.24, 2.45) is 5.41 Å². The lowest BCUT2D eigenvalue weighted by Gasteiger charge is -2.12. The van der Waals surface area contributed by atoms with Gasteiger partial charge in [0, 0.05) is 31.4 Å². The van der Waals surface area contributed by atoms with E-state index in [1.54, 1.807) is 0 Å². The quantitative estimate of drug-likeness (QED) is 0.778. The van der Waals surface area contributed by atoms with Crippen LogP contribution in [-0.2, 0) is 6.54 Å². The van der Waals surface area contributed by atoms with Crippen LogP contribution in [0.25, 0.3) is 0 Å². The van der Waals surface area contributed by atoms with Gasteiger partial charge in [0.25, 0.3) is 0 Å². The number of nitrogens with one attached hydrogen (secondary N) is 1. The second kappa shape index (κ2) is 4.50. The van der Waals surface area contributed by atoms with Crippen molar-refractivity contribution in [3.8, 4) is 0 Å². The summed E-state index contributed by atoms with van der Waals surface area (Å²) in [5.41, 5.74) is 2.87. The average molecular weight is 225 g/mol. The molecule has 15 heavy (non-hydrogen) atoms. The van der Waals surface area contributed by atoms with Crippen LogP contribution >= 0.6 is 11.6 Å². The van der Waals surface area contributed by atoms with Crippen LogP contribution in [0.3, 0.4) is 0 Å². The molecule has 1 fully saturated rings. The van der Waals surface area contributed by atoms with Crippen LogP contribution < -0.4 is 5.32 Å². The first kappa shape index (κ1) is 10.9. The molecule has 1 saturated carbocycles. The minimum Gasteiger partial charge on any atom is -0.312 e. The van der Waals surface area contributed by atoms with Crippen molar-refractivity contribution in [2.75, 3.05) is 12.4 Å². The highest BCUT2D eigenvalue weighted by atomic mass is 35.5. The largest absolute Gasteiger partial charge is 0.312 e. The SMILES string of the molecule is Cc1cncc(CNCC2(CCl)CC2)c1. The molecule has 0 bridgehead atoms. The molecule has 1 aliphatic rings. The molecule has 82 valence electrons. The molecule has 1 heterocycles. The summed E-state index contributed by atoms with van der Waals surface area (Å²) in [6.45, 7) is 4.00. The van der Waals surface area contributed by atoms with Gasteiger partial charge in [0.1, 0.15) is 0 Å². The molecular weight excluding hydrogens is 208 g/mol. The number of hydrogen-bond acceptors (Lipinski definition) is 2. The third-order valence-electron chi connectivity index (χ3n) is 3.00. The first-order valence-electron chi connectivity index (χ1n) is 5.41. The van der Waals surface area contributed by atoms with Crippen LogP contribution in [0.1, 0.15) is 24.0 Å². The van der Waals surface area contributed by atoms with E-state index in [1.807, 2.05) is 12.4 Å². The van der Waals surface area contributed by atoms with E-state index in [2.05, 4.69) is 23.3 Å². The Morgan fingerprint density at radius 1 is 1.47 bits per heavy atom. The summed E-state index contributed by atoms with van der Waals surface area (Å²) in [6, 6.07) is 2.17. The van der Waals surface area contributed by atoms with Crippen molar-refractivity contribution in [1.29, 1.82) is 0 Å². The molecule has 0 spiro atoms. The van der Waals surface area contributed by atoms with E-state index in [9.17, 15) is 0 Å². The summed E-state index contributed by atoms with van der Waals surface area (Å²) in [4.78, 5) is 4.17. The summed E-state index contributed by atoms with van der Waals surface area (Å²) in [6.07, 6.45) is 6.34. The smallest absolute Gasteiger partial charge is 0.0313 e. The lowest BCUT2D eigenvalue weighted by Crippen LogP contribution is -2.24. The molecule has 1 aliphatic carbocycles. The van der Waals surface area contributed by atoms with Crippen LogP contribution in [0, 0.1) is 12.3 Å². The normalized spacial score (nSPS) is 17.7. The maximum Gasteiger partial charge on any atom is 0.0313 e. The molecule has 3 heteroatoms. The predicted octanol–water partition coefficient (Wildman–Crippen LogP) is 2.50. The Hall–Kier alpha value is -0.600. The second-order valence-corrected chi connectivity index (χ2v) is 4.87. The Labute approximate surface area is 96.1 Å². The van der Waals surface area contributed by atoms with E-state index < -0.39 is 0 Å². The predicted molar refractivity (Wildman–Crippen MR) is 63.1 cm³/mol. The van der Waals surface area contributed by atoms with E-state index in [1.165, 1.54) is 24.0 Å². The van der Waals surface area contributed by atoms with Crippen molar-refractivity contribution in [3.05, 3.63) is 29.6 Å². The van der Waals surface area contributed by atoms with Gasteiger partial charge in [0.15, 0.2) is 0 Å². The Balaban J connectivity index is 1.78. The number of aromatic nitrogens is 1. The molecule has 1 aromatic heterocycles. The third kappa shape index (κ3) is 2.93. The summed E-state index contributed by atoms with van der Waals surface area (Å²) in [7, 11) is 0. The summed E-state index contributed by atoms with van der Waals surface area (Å²) in [5, 5.41) is 3.46. The first-order chi connectivity index (χ1) is 7.24. The first-order valence-corrected chi connectivity index (χ1v) is 5.95. The average Bonchev–Trinajstić information content (AvgIpc) is 2.99. The van der Waals surface area contributed by atoms with Gasteiger partial charge in [-0.1, -0.05) is 6.07 Å². The molecule has 0 amide bonds. The van der Waals surface area contributed by atoms with E-state index >= 15 is 0 Å². The number of alkyl halides is 1. The molecule has 1 N–H and O–H groups in total. The Morgan fingerprint density at radius 3 is 2.87 bits per heavy atom. The number of hydrogen-bond donors (Lipinski definition) is 1. The zero-order chi connectivity index (χ0) is 10.7. The number of rotatable bonds is 5. The van der Waals surface area contributed by atoms with Gasteiger partial charge in [0.2, 0.25) is 0 Å². The minimum atomic E-state index is 0.402. The fourth-order valence-electron chi connectivity index (χ4n) is 1.72. The Morgan fingerprint density at radius 2 is 2.27 bits per heavy atom. The van der Waals surface area contributed by atoms with Crippen LogP contribution in [-0.4, -0.2) is 17.4 Å². The van der Waals surface area contributed by atoms with Gasteiger partial charge in [-0.05, 0) is 36.3 Å². The fourth-order valence-corrected chi connectivity index (χ4v) is 2.08. The van der Waals surface area contributed by atoms with Gasteiger partial charge in [-0.2, -0.15) is 0 Å². The molecule has 0 aromatic carbocycles. The van der Waals surface area contributed by atoms with Gasteiger partial charge in [-0.3, -0.25) is 4.98 Å². The number of pyridine rings is 1. The van der Waals surface area contributed by atoms with E-state index in [0.29, 0.717) is 5.41 Å². The maximum absolute atomic E-state index is 5.91. The van der Waals surface area contributed by atoms with Crippen LogP contribution in [0.4, 0.5) is 0 Å². The van der Waals surface area contributed by atoms with Gasteiger partial charge < -0.3 is 5.32 Å². The van der Waals surface area contributed by atoms with E-state index in [4.69, 9.17) is 11.6 Å². The van der Waals surface area contributed by atoms with E-state index in [-0.39, 0.29) is 0 Å². The molecule has 0 radical (unpaired) electrons. The molecule has 0 unspecified atom stereocenters. The van der Waals surface area contributed by atoms with Gasteiger partial charge in [0.05, 0.1) is 0 Å². The Bertz CT molecular complexity index is 334. The second-order valence-electron chi connectivity index (χ2n) is 4.61. The van der Waals surface area contributed by atoms with Crippen molar-refractivity contribution in [2.45, 2.75) is 26.3 Å². The molecule has 0 saturated heterocycles. The minimum absolute atomic E-state index is 0.402. The molecule has 0 aliphatic heterocycles. The van der Waals surface area contributed by atoms with Crippen LogP contribution in [0.5, 0.6) is 0 Å². The van der Waals surface area contributed by atoms with Gasteiger partial charge in [-0.25, -0.2) is 0 Å².